The van der Waals surface area contributed by atoms with Crippen LogP contribution in [0.3, 0.4) is 0 Å². The van der Waals surface area contributed by atoms with Gasteiger partial charge in [0.2, 0.25) is 5.91 Å². The van der Waals surface area contributed by atoms with Crippen molar-refractivity contribution in [3.05, 3.63) is 12.2 Å². The summed E-state index contributed by atoms with van der Waals surface area (Å²) in [6.07, 6.45) is 1.45. The van der Waals surface area contributed by atoms with E-state index in [2.05, 4.69) is 0 Å². The highest BCUT2D eigenvalue weighted by Gasteiger charge is 1.95. The van der Waals surface area contributed by atoms with Crippen molar-refractivity contribution in [3.63, 3.8) is 0 Å². The first-order chi connectivity index (χ1) is 5.52. The third-order valence-electron chi connectivity index (χ3n) is 0.739. The molecule has 0 aliphatic heterocycles. The van der Waals surface area contributed by atoms with E-state index < -0.39 is 17.8 Å². The molecule has 0 atom stereocenters. The van der Waals surface area contributed by atoms with E-state index in [1.54, 1.807) is 0 Å². The molecule has 0 fully saturated rings. The third kappa shape index (κ3) is 6.27. The molecule has 0 saturated carbocycles. The van der Waals surface area contributed by atoms with E-state index in [1.807, 2.05) is 10.9 Å². The van der Waals surface area contributed by atoms with Crippen molar-refractivity contribution in [1.29, 1.82) is 0 Å². The third-order valence-corrected chi connectivity index (χ3v) is 0.739. The number of carboxylic acids is 1. The molecule has 3 N–H and O–H groups in total. The van der Waals surface area contributed by atoms with Gasteiger partial charge in [-0.1, -0.05) is 0 Å². The maximum Gasteiger partial charge on any atom is 0.328 e. The van der Waals surface area contributed by atoms with Gasteiger partial charge in [0.15, 0.2) is 0 Å². The number of carboxylic acid groups (broad SMARTS) is 1. The summed E-state index contributed by atoms with van der Waals surface area (Å²) in [5.74, 6) is -2.37. The summed E-state index contributed by atoms with van der Waals surface area (Å²) in [5.41, 5.74) is 3.94. The lowest BCUT2D eigenvalue weighted by molar-refractivity contribution is -0.131. The summed E-state index contributed by atoms with van der Waals surface area (Å²) in [6.45, 7) is 1.21. The Bertz CT molecular complexity index is 234. The van der Waals surface area contributed by atoms with E-state index in [-0.39, 0.29) is 0 Å². The molecule has 0 aliphatic carbocycles. The van der Waals surface area contributed by atoms with Gasteiger partial charge < -0.3 is 5.11 Å². The van der Waals surface area contributed by atoms with Crippen LogP contribution in [0.2, 0.25) is 0 Å². The molecule has 0 saturated heterocycles. The average Bonchev–Trinajstić information content (AvgIpc) is 1.96. The maximum absolute atomic E-state index is 10.6. The first-order valence-corrected chi connectivity index (χ1v) is 3.00. The number of carbonyl (C=O) groups excluding carboxylic acids is 2. The topological polar surface area (TPSA) is 95.5 Å². The zero-order valence-electron chi connectivity index (χ0n) is 6.33. The second kappa shape index (κ2) is 4.89. The van der Waals surface area contributed by atoms with Crippen LogP contribution in [0, 0.1) is 0 Å². The molecule has 12 heavy (non-hydrogen) atoms. The van der Waals surface area contributed by atoms with Gasteiger partial charge in [-0.05, 0) is 0 Å². The second-order valence-corrected chi connectivity index (χ2v) is 1.84. The molecule has 0 unspecified atom stereocenters. The van der Waals surface area contributed by atoms with Gasteiger partial charge in [0.25, 0.3) is 5.91 Å². The summed E-state index contributed by atoms with van der Waals surface area (Å²) in [4.78, 5) is 30.7. The molecule has 6 nitrogen and oxygen atoms in total. The van der Waals surface area contributed by atoms with E-state index in [4.69, 9.17) is 5.11 Å². The number of hydrazine groups is 1. The van der Waals surface area contributed by atoms with Gasteiger partial charge in [-0.2, -0.15) is 0 Å². The van der Waals surface area contributed by atoms with Gasteiger partial charge in [-0.25, -0.2) is 4.79 Å². The highest BCUT2D eigenvalue weighted by molar-refractivity contribution is 5.94. The van der Waals surface area contributed by atoms with Crippen LogP contribution in [0.15, 0.2) is 12.2 Å². The van der Waals surface area contributed by atoms with E-state index >= 15 is 0 Å². The minimum absolute atomic E-state index is 0.438. The first kappa shape index (κ1) is 10.2. The van der Waals surface area contributed by atoms with E-state index in [9.17, 15) is 14.4 Å². The monoisotopic (exact) mass is 172 g/mol. The maximum atomic E-state index is 10.6. The average molecular weight is 172 g/mol. The molecule has 0 bridgehead atoms. The van der Waals surface area contributed by atoms with Gasteiger partial charge in [0, 0.05) is 19.1 Å². The first-order valence-electron chi connectivity index (χ1n) is 3.00. The molecular formula is C6H8N2O4. The second-order valence-electron chi connectivity index (χ2n) is 1.84. The predicted octanol–water partition coefficient (Wildman–Crippen LogP) is -1.21. The van der Waals surface area contributed by atoms with Crippen LogP contribution in [0.25, 0.3) is 0 Å². The van der Waals surface area contributed by atoms with Crippen LogP contribution in [0.5, 0.6) is 0 Å². The van der Waals surface area contributed by atoms with E-state index in [0.29, 0.717) is 6.08 Å². The predicted molar refractivity (Wildman–Crippen MR) is 38.7 cm³/mol. The molecule has 0 aromatic rings. The van der Waals surface area contributed by atoms with Crippen molar-refractivity contribution < 1.29 is 19.5 Å². The van der Waals surface area contributed by atoms with Gasteiger partial charge in [0.05, 0.1) is 0 Å². The van der Waals surface area contributed by atoms with Gasteiger partial charge in [-0.3, -0.25) is 20.4 Å². The zero-order chi connectivity index (χ0) is 9.56. The van der Waals surface area contributed by atoms with Crippen LogP contribution < -0.4 is 10.9 Å². The van der Waals surface area contributed by atoms with E-state index in [1.165, 1.54) is 6.92 Å². The minimum Gasteiger partial charge on any atom is -0.478 e. The Morgan fingerprint density at radius 2 is 1.75 bits per heavy atom. The number of nitrogens with one attached hydrogen (secondary N) is 2. The molecular weight excluding hydrogens is 164 g/mol. The largest absolute Gasteiger partial charge is 0.478 e. The van der Waals surface area contributed by atoms with Crippen molar-refractivity contribution in [2.24, 2.45) is 0 Å². The van der Waals surface area contributed by atoms with Gasteiger partial charge in [-0.15, -0.1) is 0 Å². The number of hydrogen-bond donors (Lipinski definition) is 3. The van der Waals surface area contributed by atoms with Gasteiger partial charge >= 0.3 is 5.97 Å². The molecule has 0 rings (SSSR count). The Labute approximate surface area is 68.2 Å². The molecule has 2 amide bonds. The summed E-state index contributed by atoms with van der Waals surface area (Å²) in [7, 11) is 0. The normalized spacial score (nSPS) is 9.42. The number of aliphatic carboxylic acids is 1. The minimum atomic E-state index is -1.23. The quantitative estimate of drug-likeness (QED) is 0.360. The summed E-state index contributed by atoms with van der Waals surface area (Å²) in [5, 5.41) is 8.09. The SMILES string of the molecule is CC(=O)NNC(=O)/C=C\C(=O)O. The van der Waals surface area contributed by atoms with Crippen molar-refractivity contribution in [2.75, 3.05) is 0 Å². The Balaban J connectivity index is 3.75. The summed E-state index contributed by atoms with van der Waals surface area (Å²) < 4.78 is 0. The van der Waals surface area contributed by atoms with Crippen LogP contribution in [-0.2, 0) is 14.4 Å². The number of amides is 2. The molecule has 0 heterocycles. The lowest BCUT2D eigenvalue weighted by atomic mass is 10.5. The number of rotatable bonds is 2. The standard InChI is InChI=1S/C6H8N2O4/c1-4(9)7-8-5(10)2-3-6(11)12/h2-3H,1H3,(H,7,9)(H,8,10)(H,11,12)/b3-2-. The Kier molecular flexibility index (Phi) is 4.13. The van der Waals surface area contributed by atoms with E-state index in [0.717, 1.165) is 6.08 Å². The van der Waals surface area contributed by atoms with Crippen molar-refractivity contribution in [2.45, 2.75) is 6.92 Å². The van der Waals surface area contributed by atoms with Crippen molar-refractivity contribution >= 4 is 17.8 Å². The van der Waals surface area contributed by atoms with Crippen LogP contribution >= 0.6 is 0 Å². The molecule has 0 aromatic carbocycles. The lowest BCUT2D eigenvalue weighted by Crippen LogP contribution is -2.39. The van der Waals surface area contributed by atoms with Crippen LogP contribution in [0.1, 0.15) is 6.92 Å². The van der Waals surface area contributed by atoms with Gasteiger partial charge in [0.1, 0.15) is 0 Å². The molecule has 66 valence electrons. The Morgan fingerprint density at radius 1 is 1.17 bits per heavy atom. The highest BCUT2D eigenvalue weighted by Crippen LogP contribution is 1.71. The Morgan fingerprint density at radius 3 is 2.17 bits per heavy atom. The fraction of sp³-hybridized carbons (Fsp3) is 0.167. The fourth-order valence-corrected chi connectivity index (χ4v) is 0.338. The fourth-order valence-electron chi connectivity index (χ4n) is 0.338. The summed E-state index contributed by atoms with van der Waals surface area (Å²) >= 11 is 0. The Hall–Kier alpha value is -1.85. The zero-order valence-corrected chi connectivity index (χ0v) is 6.33. The molecule has 0 spiro atoms. The molecule has 0 radical (unpaired) electrons. The highest BCUT2D eigenvalue weighted by atomic mass is 16.4. The molecule has 0 aliphatic rings. The van der Waals surface area contributed by atoms with Crippen LogP contribution in [0.4, 0.5) is 0 Å². The van der Waals surface area contributed by atoms with Crippen LogP contribution in [-0.4, -0.2) is 22.9 Å². The van der Waals surface area contributed by atoms with Crippen molar-refractivity contribution in [1.82, 2.24) is 10.9 Å². The molecule has 6 heteroatoms. The smallest absolute Gasteiger partial charge is 0.328 e. The summed E-state index contributed by atoms with van der Waals surface area (Å²) in [6, 6.07) is 0. The lowest BCUT2D eigenvalue weighted by Gasteiger charge is -1.99. The number of carbonyl (C=O) groups is 3. The van der Waals surface area contributed by atoms with Crippen molar-refractivity contribution in [3.8, 4) is 0 Å². The number of hydrogen-bond acceptors (Lipinski definition) is 3. The molecule has 0 aromatic heterocycles.